The molecule has 0 saturated carbocycles. The highest BCUT2D eigenvalue weighted by Gasteiger charge is 2.18. The van der Waals surface area contributed by atoms with Gasteiger partial charge in [-0.1, -0.05) is 13.0 Å². The molecule has 6 heteroatoms. The number of methoxy groups -OCH3 is 1. The van der Waals surface area contributed by atoms with Crippen LogP contribution in [0.2, 0.25) is 0 Å². The molecule has 0 radical (unpaired) electrons. The first-order chi connectivity index (χ1) is 12.1. The maximum absolute atomic E-state index is 12.3. The Morgan fingerprint density at radius 2 is 1.96 bits per heavy atom. The monoisotopic (exact) mass is 349 g/mol. The largest absolute Gasteiger partial charge is 0.497 e. The average Bonchev–Trinajstić information content (AvgIpc) is 2.64. The van der Waals surface area contributed by atoms with Gasteiger partial charge >= 0.3 is 0 Å². The summed E-state index contributed by atoms with van der Waals surface area (Å²) in [6.45, 7) is 8.14. The molecule has 0 aromatic heterocycles. The molecule has 1 amide bonds. The van der Waals surface area contributed by atoms with Gasteiger partial charge in [0, 0.05) is 38.8 Å². The fourth-order valence-corrected chi connectivity index (χ4v) is 2.86. The maximum atomic E-state index is 12.3. The van der Waals surface area contributed by atoms with Crippen LogP contribution in [-0.4, -0.2) is 75.2 Å². The van der Waals surface area contributed by atoms with E-state index in [1.165, 1.54) is 0 Å². The van der Waals surface area contributed by atoms with Crippen LogP contribution in [0.25, 0.3) is 0 Å². The Hall–Kier alpha value is -1.79. The van der Waals surface area contributed by atoms with Crippen LogP contribution >= 0.6 is 0 Å². The molecule has 0 unspecified atom stereocenters. The number of piperazine rings is 1. The summed E-state index contributed by atoms with van der Waals surface area (Å²) in [7, 11) is 3.77. The second-order valence-corrected chi connectivity index (χ2v) is 6.48. The van der Waals surface area contributed by atoms with Gasteiger partial charge in [-0.2, -0.15) is 0 Å². The van der Waals surface area contributed by atoms with Crippen molar-refractivity contribution in [2.45, 2.75) is 25.9 Å². The Bertz CT molecular complexity index is 530. The van der Waals surface area contributed by atoms with E-state index in [0.717, 1.165) is 44.9 Å². The summed E-state index contributed by atoms with van der Waals surface area (Å²) >= 11 is 0. The van der Waals surface area contributed by atoms with Crippen LogP contribution in [0, 0.1) is 0 Å². The van der Waals surface area contributed by atoms with E-state index in [1.807, 2.05) is 25.1 Å². The quantitative estimate of drug-likeness (QED) is 0.687. The minimum Gasteiger partial charge on any atom is -0.497 e. The molecule has 1 aromatic carbocycles. The third-order valence-electron chi connectivity index (χ3n) is 4.53. The molecule has 1 aliphatic heterocycles. The zero-order chi connectivity index (χ0) is 18.1. The van der Waals surface area contributed by atoms with Gasteiger partial charge in [0.2, 0.25) is 0 Å². The minimum atomic E-state index is -0.476. The lowest BCUT2D eigenvalue weighted by molar-refractivity contribution is -0.128. The van der Waals surface area contributed by atoms with Gasteiger partial charge in [0.1, 0.15) is 11.5 Å². The van der Waals surface area contributed by atoms with E-state index in [0.29, 0.717) is 18.7 Å². The maximum Gasteiger partial charge on any atom is 0.261 e. The van der Waals surface area contributed by atoms with E-state index < -0.39 is 6.10 Å². The van der Waals surface area contributed by atoms with Crippen LogP contribution < -0.4 is 14.8 Å². The highest BCUT2D eigenvalue weighted by molar-refractivity contribution is 5.81. The van der Waals surface area contributed by atoms with Gasteiger partial charge in [0.05, 0.1) is 7.11 Å². The third kappa shape index (κ3) is 6.55. The second-order valence-electron chi connectivity index (χ2n) is 6.48. The van der Waals surface area contributed by atoms with Gasteiger partial charge < -0.3 is 24.6 Å². The summed E-state index contributed by atoms with van der Waals surface area (Å²) < 4.78 is 11.0. The zero-order valence-corrected chi connectivity index (χ0v) is 15.7. The number of rotatable bonds is 9. The van der Waals surface area contributed by atoms with Crippen molar-refractivity contribution in [2.24, 2.45) is 0 Å². The van der Waals surface area contributed by atoms with Crippen LogP contribution in [0.4, 0.5) is 0 Å². The second kappa shape index (κ2) is 10.3. The highest BCUT2D eigenvalue weighted by atomic mass is 16.5. The molecule has 1 saturated heterocycles. The number of nitrogens with one attached hydrogen (secondary N) is 1. The van der Waals surface area contributed by atoms with Gasteiger partial charge in [-0.05, 0) is 38.6 Å². The molecule has 1 heterocycles. The predicted molar refractivity (Wildman–Crippen MR) is 99.3 cm³/mol. The molecule has 1 aromatic rings. The Kier molecular flexibility index (Phi) is 8.01. The summed E-state index contributed by atoms with van der Waals surface area (Å²) in [6.07, 6.45) is 1.11. The van der Waals surface area contributed by atoms with Gasteiger partial charge in [0.25, 0.3) is 5.91 Å². The van der Waals surface area contributed by atoms with Gasteiger partial charge in [-0.3, -0.25) is 4.79 Å². The van der Waals surface area contributed by atoms with Crippen molar-refractivity contribution < 1.29 is 14.3 Å². The van der Waals surface area contributed by atoms with E-state index >= 15 is 0 Å². The van der Waals surface area contributed by atoms with Crippen molar-refractivity contribution in [1.29, 1.82) is 0 Å². The van der Waals surface area contributed by atoms with Crippen molar-refractivity contribution in [3.63, 3.8) is 0 Å². The first-order valence-corrected chi connectivity index (χ1v) is 9.11. The average molecular weight is 349 g/mol. The van der Waals surface area contributed by atoms with Crippen LogP contribution in [0.5, 0.6) is 11.5 Å². The van der Waals surface area contributed by atoms with E-state index in [1.54, 1.807) is 13.2 Å². The lowest BCUT2D eigenvalue weighted by Crippen LogP contribution is -2.45. The van der Waals surface area contributed by atoms with Crippen molar-refractivity contribution in [1.82, 2.24) is 15.1 Å². The first kappa shape index (κ1) is 19.5. The van der Waals surface area contributed by atoms with E-state index in [-0.39, 0.29) is 5.91 Å². The normalized spacial score (nSPS) is 17.1. The number of likely N-dealkylation sites (N-methyl/N-ethyl adjacent to an activating group) is 1. The van der Waals surface area contributed by atoms with E-state index in [9.17, 15) is 4.79 Å². The zero-order valence-electron chi connectivity index (χ0n) is 15.7. The van der Waals surface area contributed by atoms with Crippen LogP contribution in [0.15, 0.2) is 24.3 Å². The van der Waals surface area contributed by atoms with E-state index in [2.05, 4.69) is 22.2 Å². The predicted octanol–water partition coefficient (Wildman–Crippen LogP) is 1.61. The van der Waals surface area contributed by atoms with Crippen molar-refractivity contribution >= 4 is 5.91 Å². The summed E-state index contributed by atoms with van der Waals surface area (Å²) in [5.74, 6) is 1.32. The van der Waals surface area contributed by atoms with Gasteiger partial charge in [-0.15, -0.1) is 0 Å². The Labute approximate surface area is 151 Å². The molecule has 1 fully saturated rings. The lowest BCUT2D eigenvalue weighted by atomic mass is 10.2. The molecule has 1 N–H and O–H groups in total. The number of nitrogens with zero attached hydrogens (tertiary/aromatic N) is 2. The summed E-state index contributed by atoms with van der Waals surface area (Å²) in [6, 6.07) is 7.34. The lowest BCUT2D eigenvalue weighted by Gasteiger charge is -2.32. The Morgan fingerprint density at radius 3 is 2.64 bits per heavy atom. The van der Waals surface area contributed by atoms with Crippen LogP contribution in [0.3, 0.4) is 0 Å². The molecule has 25 heavy (non-hydrogen) atoms. The fourth-order valence-electron chi connectivity index (χ4n) is 2.86. The minimum absolute atomic E-state index is 0.0521. The van der Waals surface area contributed by atoms with Gasteiger partial charge in [0.15, 0.2) is 6.10 Å². The molecule has 0 aliphatic carbocycles. The molecule has 140 valence electrons. The number of hydrogen-bond donors (Lipinski definition) is 1. The number of amides is 1. The Morgan fingerprint density at radius 1 is 1.24 bits per heavy atom. The first-order valence-electron chi connectivity index (χ1n) is 9.11. The SMILES string of the molecule is CC[C@@H](Oc1cccc(OC)c1)C(=O)NCCCN1CCN(C)CC1. The number of carbonyl (C=O) groups excluding carboxylic acids is 1. The standard InChI is InChI=1S/C19H31N3O3/c1-4-18(25-17-8-5-7-16(15-17)24-3)19(23)20-9-6-10-22-13-11-21(2)12-14-22/h5,7-8,15,18H,4,6,9-14H2,1-3H3,(H,20,23)/t18-/m1/s1. The van der Waals surface area contributed by atoms with Crippen LogP contribution in [-0.2, 0) is 4.79 Å². The third-order valence-corrected chi connectivity index (χ3v) is 4.53. The van der Waals surface area contributed by atoms with Crippen LogP contribution in [0.1, 0.15) is 19.8 Å². The van der Waals surface area contributed by atoms with Crippen molar-refractivity contribution in [2.75, 3.05) is 53.4 Å². The topological polar surface area (TPSA) is 54.0 Å². The summed E-state index contributed by atoms with van der Waals surface area (Å²) in [5.41, 5.74) is 0. The van der Waals surface area contributed by atoms with Crippen molar-refractivity contribution in [3.8, 4) is 11.5 Å². The Balaban J connectivity index is 1.70. The number of benzene rings is 1. The molecule has 0 bridgehead atoms. The fraction of sp³-hybridized carbons (Fsp3) is 0.632. The van der Waals surface area contributed by atoms with Gasteiger partial charge in [-0.25, -0.2) is 0 Å². The molecular formula is C19H31N3O3. The number of hydrogen-bond acceptors (Lipinski definition) is 5. The molecule has 6 nitrogen and oxygen atoms in total. The molecule has 1 atom stereocenters. The molecule has 1 aliphatic rings. The summed E-state index contributed by atoms with van der Waals surface area (Å²) in [5, 5.41) is 3.00. The molecule has 2 rings (SSSR count). The smallest absolute Gasteiger partial charge is 0.261 e. The molecular weight excluding hydrogens is 318 g/mol. The highest BCUT2D eigenvalue weighted by Crippen LogP contribution is 2.20. The van der Waals surface area contributed by atoms with E-state index in [4.69, 9.17) is 9.47 Å². The molecule has 0 spiro atoms. The summed E-state index contributed by atoms with van der Waals surface area (Å²) in [4.78, 5) is 17.1. The van der Waals surface area contributed by atoms with Crippen molar-refractivity contribution in [3.05, 3.63) is 24.3 Å². The number of carbonyl (C=O) groups is 1. The number of ether oxygens (including phenoxy) is 2.